The molecule has 0 aliphatic carbocycles. The van der Waals surface area contributed by atoms with Crippen LogP contribution in [0.3, 0.4) is 0 Å². The zero-order chi connectivity index (χ0) is 17.7. The van der Waals surface area contributed by atoms with E-state index in [1.54, 1.807) is 11.3 Å². The van der Waals surface area contributed by atoms with Gasteiger partial charge in [-0.15, -0.1) is 0 Å². The molecule has 2 unspecified atom stereocenters. The summed E-state index contributed by atoms with van der Waals surface area (Å²) in [6, 6.07) is 8.74. The van der Waals surface area contributed by atoms with Crippen LogP contribution in [-0.4, -0.2) is 22.5 Å². The fraction of sp³-hybridized carbons (Fsp3) is 0.375. The molecule has 0 bridgehead atoms. The number of nitrogens with zero attached hydrogens (tertiary/aromatic N) is 2. The van der Waals surface area contributed by atoms with Gasteiger partial charge < -0.3 is 9.26 Å². The highest BCUT2D eigenvalue weighted by Gasteiger charge is 2.33. The van der Waals surface area contributed by atoms with Gasteiger partial charge in [-0.3, -0.25) is 4.79 Å². The maximum atomic E-state index is 12.1. The van der Waals surface area contributed by atoms with Crippen LogP contribution in [0.25, 0.3) is 0 Å². The van der Waals surface area contributed by atoms with E-state index >= 15 is 0 Å². The van der Waals surface area contributed by atoms with Crippen molar-refractivity contribution in [3.8, 4) is 5.75 Å². The minimum atomic E-state index is -2.75. The molecule has 130 valence electrons. The largest absolute Gasteiger partial charge is 0.462 e. The van der Waals surface area contributed by atoms with Gasteiger partial charge in [-0.05, 0) is 32.9 Å². The van der Waals surface area contributed by atoms with Gasteiger partial charge >= 0.3 is 12.5 Å². The highest BCUT2D eigenvalue weighted by molar-refractivity contribution is 8.10. The lowest BCUT2D eigenvalue weighted by Crippen LogP contribution is -2.37. The van der Waals surface area contributed by atoms with E-state index in [1.165, 1.54) is 0 Å². The number of aromatic nitrogens is 2. The molecule has 1 N–H and O–H groups in total. The summed E-state index contributed by atoms with van der Waals surface area (Å²) in [4.78, 5) is 12.1. The predicted octanol–water partition coefficient (Wildman–Crippen LogP) is 2.39. The first-order chi connectivity index (χ1) is 11.3. The molecule has 1 aromatic heterocycles. The molecule has 0 radical (unpaired) electrons. The molecule has 0 aliphatic heterocycles. The molecule has 1 heterocycles. The Balaban J connectivity index is 2.26. The van der Waals surface area contributed by atoms with E-state index in [1.807, 2.05) is 74.5 Å². The van der Waals surface area contributed by atoms with Crippen molar-refractivity contribution >= 4 is 24.3 Å². The Hall–Kier alpha value is -1.69. The molecule has 2 atom stereocenters. The van der Waals surface area contributed by atoms with E-state index in [2.05, 4.69) is 5.09 Å². The first-order valence-corrected chi connectivity index (χ1v) is 10.3. The average Bonchev–Trinajstić information content (AvgIpc) is 2.95. The number of benzene rings is 1. The van der Waals surface area contributed by atoms with Gasteiger partial charge in [0.25, 0.3) is 0 Å². The van der Waals surface area contributed by atoms with Gasteiger partial charge in [0.15, 0.2) is 0 Å². The number of aryl methyl sites for hydroxylation is 1. The van der Waals surface area contributed by atoms with Crippen molar-refractivity contribution in [2.45, 2.75) is 32.9 Å². The lowest BCUT2D eigenvalue weighted by molar-refractivity contribution is -0.670. The molecule has 1 aromatic carbocycles. The second-order valence-corrected chi connectivity index (χ2v) is 9.15. The van der Waals surface area contributed by atoms with Crippen LogP contribution in [0.15, 0.2) is 49.1 Å². The van der Waals surface area contributed by atoms with Crippen molar-refractivity contribution < 1.29 is 18.6 Å². The van der Waals surface area contributed by atoms with Crippen molar-refractivity contribution in [3.05, 3.63) is 49.1 Å². The summed E-state index contributed by atoms with van der Waals surface area (Å²) in [5.74, 6) is 0.293. The SMILES string of the molecule is CC(C)OC(=O)C(C)NP(=S)(Oc1ccccc1)n1cc[n+](C)c1. The standard InChI is InChI=1S/C16H23N3O3PS/c1-13(2)21-16(20)14(3)17-23(24,19-11-10-18(4)12-19)22-15-8-6-5-7-9-15/h5-14H,1-4H3,(H,17,24)/q+1. The van der Waals surface area contributed by atoms with Crippen LogP contribution in [0, 0.1) is 0 Å². The van der Waals surface area contributed by atoms with Crippen LogP contribution in [-0.2, 0) is 28.4 Å². The molecule has 0 aliphatic rings. The maximum Gasteiger partial charge on any atom is 0.367 e. The molecule has 2 rings (SSSR count). The highest BCUT2D eigenvalue weighted by atomic mass is 32.4. The molecule has 0 saturated heterocycles. The maximum absolute atomic E-state index is 12.1. The van der Waals surface area contributed by atoms with Crippen molar-refractivity contribution in [1.29, 1.82) is 0 Å². The molecule has 2 aromatic rings. The summed E-state index contributed by atoms with van der Waals surface area (Å²) in [5.41, 5.74) is 0. The molecular weight excluding hydrogens is 345 g/mol. The van der Waals surface area contributed by atoms with Gasteiger partial charge in [-0.1, -0.05) is 18.2 Å². The van der Waals surface area contributed by atoms with E-state index < -0.39 is 12.6 Å². The lowest BCUT2D eigenvalue weighted by atomic mass is 10.3. The van der Waals surface area contributed by atoms with Crippen molar-refractivity contribution in [1.82, 2.24) is 9.42 Å². The van der Waals surface area contributed by atoms with Crippen LogP contribution in [0.1, 0.15) is 20.8 Å². The number of rotatable bonds is 7. The quantitative estimate of drug-likeness (QED) is 0.462. The van der Waals surface area contributed by atoms with E-state index in [-0.39, 0.29) is 12.1 Å². The zero-order valence-electron chi connectivity index (χ0n) is 14.2. The lowest BCUT2D eigenvalue weighted by Gasteiger charge is -2.23. The van der Waals surface area contributed by atoms with Gasteiger partial charge in [-0.25, -0.2) is 9.65 Å². The molecule has 8 heteroatoms. The summed E-state index contributed by atoms with van der Waals surface area (Å²) in [5, 5.41) is 3.16. The fourth-order valence-electron chi connectivity index (χ4n) is 1.99. The van der Waals surface area contributed by atoms with E-state index in [0.29, 0.717) is 5.75 Å². The van der Waals surface area contributed by atoms with Crippen LogP contribution < -0.4 is 14.2 Å². The minimum Gasteiger partial charge on any atom is -0.462 e. The predicted molar refractivity (Wildman–Crippen MR) is 96.2 cm³/mol. The van der Waals surface area contributed by atoms with E-state index in [0.717, 1.165) is 0 Å². The number of imidazole rings is 1. The first kappa shape index (κ1) is 18.6. The summed E-state index contributed by atoms with van der Waals surface area (Å²) in [6.45, 7) is 2.60. The number of carbonyl (C=O) groups excluding carboxylic acids is 1. The average molecular weight is 368 g/mol. The molecule has 0 amide bonds. The fourth-order valence-corrected chi connectivity index (χ4v) is 4.83. The number of esters is 1. The molecular formula is C16H23N3O3PS+. The number of nitrogens with one attached hydrogen (secondary N) is 1. The van der Waals surface area contributed by atoms with Crippen LogP contribution in [0.2, 0.25) is 0 Å². The Morgan fingerprint density at radius 3 is 2.50 bits per heavy atom. The normalized spacial score (nSPS) is 14.9. The van der Waals surface area contributed by atoms with Crippen LogP contribution >= 0.6 is 6.57 Å². The first-order valence-electron chi connectivity index (χ1n) is 7.67. The van der Waals surface area contributed by atoms with Gasteiger partial charge in [-0.2, -0.15) is 4.34 Å². The number of carbonyl (C=O) groups is 1. The number of hydrogen-bond donors (Lipinski definition) is 1. The molecule has 24 heavy (non-hydrogen) atoms. The third kappa shape index (κ3) is 4.90. The van der Waals surface area contributed by atoms with Crippen molar-refractivity contribution in [2.75, 3.05) is 0 Å². The third-order valence-electron chi connectivity index (χ3n) is 3.09. The Morgan fingerprint density at radius 2 is 1.96 bits per heavy atom. The second-order valence-electron chi connectivity index (χ2n) is 5.72. The highest BCUT2D eigenvalue weighted by Crippen LogP contribution is 2.45. The number of para-hydroxylation sites is 1. The third-order valence-corrected chi connectivity index (χ3v) is 6.22. The van der Waals surface area contributed by atoms with Gasteiger partial charge in [0.2, 0.25) is 6.33 Å². The monoisotopic (exact) mass is 368 g/mol. The summed E-state index contributed by atoms with van der Waals surface area (Å²) < 4.78 is 15.0. The zero-order valence-corrected chi connectivity index (χ0v) is 16.0. The minimum absolute atomic E-state index is 0.181. The van der Waals surface area contributed by atoms with Crippen molar-refractivity contribution in [3.63, 3.8) is 0 Å². The number of hydrogen-bond acceptors (Lipinski definition) is 4. The molecule has 6 nitrogen and oxygen atoms in total. The Morgan fingerprint density at radius 1 is 1.29 bits per heavy atom. The number of ether oxygens (including phenoxy) is 1. The summed E-state index contributed by atoms with van der Waals surface area (Å²) in [7, 11) is 1.90. The van der Waals surface area contributed by atoms with Gasteiger partial charge in [0, 0.05) is 11.8 Å². The molecule has 0 saturated carbocycles. The Bertz CT molecular complexity index is 733. The van der Waals surface area contributed by atoms with Crippen LogP contribution in [0.4, 0.5) is 0 Å². The Labute approximate surface area is 147 Å². The summed E-state index contributed by atoms with van der Waals surface area (Å²) in [6.07, 6.45) is 5.35. The van der Waals surface area contributed by atoms with Gasteiger partial charge in [0.05, 0.1) is 13.2 Å². The smallest absolute Gasteiger partial charge is 0.367 e. The van der Waals surface area contributed by atoms with E-state index in [4.69, 9.17) is 21.1 Å². The van der Waals surface area contributed by atoms with Crippen LogP contribution in [0.5, 0.6) is 5.75 Å². The van der Waals surface area contributed by atoms with Crippen molar-refractivity contribution in [2.24, 2.45) is 7.05 Å². The van der Waals surface area contributed by atoms with E-state index in [9.17, 15) is 4.79 Å². The Kier molecular flexibility index (Phi) is 6.15. The summed E-state index contributed by atoms with van der Waals surface area (Å²) >= 11 is 5.79. The van der Waals surface area contributed by atoms with Gasteiger partial charge in [0.1, 0.15) is 24.2 Å². The molecule has 0 fully saturated rings. The topological polar surface area (TPSA) is 56.4 Å². The second kappa shape index (κ2) is 7.92. The molecule has 0 spiro atoms.